The molecule has 124 valence electrons. The molecular weight excluding hydrogens is 369 g/mol. The van der Waals surface area contributed by atoms with E-state index in [0.717, 1.165) is 22.2 Å². The first-order valence-corrected chi connectivity index (χ1v) is 9.19. The van der Waals surface area contributed by atoms with E-state index in [1.54, 1.807) is 0 Å². The minimum absolute atomic E-state index is 0.00954. The lowest BCUT2D eigenvalue weighted by atomic mass is 10.1. The topological polar surface area (TPSA) is 74.3 Å². The predicted molar refractivity (Wildman–Crippen MR) is 97.4 cm³/mol. The van der Waals surface area contributed by atoms with Crippen LogP contribution in [0.3, 0.4) is 0 Å². The quantitative estimate of drug-likeness (QED) is 0.527. The summed E-state index contributed by atoms with van der Waals surface area (Å²) in [7, 11) is -3.82. The second kappa shape index (κ2) is 6.47. The van der Waals surface area contributed by atoms with E-state index >= 15 is 0 Å². The van der Waals surface area contributed by atoms with Crippen molar-refractivity contribution >= 4 is 50.3 Å². The number of aromatic amines is 1. The number of aryl methyl sites for hydroxylation is 1. The summed E-state index contributed by atoms with van der Waals surface area (Å²) in [5.74, 6) is 0. The van der Waals surface area contributed by atoms with Gasteiger partial charge in [0.15, 0.2) is 0 Å². The standard InChI is InChI=1S/C16H13Cl2N3O2S/c1-10-13(12-4-2-3-5-16(12)20-10)9-19-21-24(22,23)11-6-7-14(17)15(18)8-11/h2-9,20-21H,1H3/b19-9+. The van der Waals surface area contributed by atoms with E-state index in [9.17, 15) is 8.42 Å². The number of hydrogen-bond donors (Lipinski definition) is 2. The number of sulfonamides is 1. The molecule has 0 atom stereocenters. The van der Waals surface area contributed by atoms with Crippen LogP contribution in [0.25, 0.3) is 10.9 Å². The molecule has 1 heterocycles. The second-order valence-corrected chi connectivity index (χ2v) is 7.61. The molecule has 0 saturated heterocycles. The van der Waals surface area contributed by atoms with Gasteiger partial charge in [0.25, 0.3) is 10.0 Å². The van der Waals surface area contributed by atoms with Crippen LogP contribution in [0.5, 0.6) is 0 Å². The van der Waals surface area contributed by atoms with Crippen molar-refractivity contribution in [3.63, 3.8) is 0 Å². The first-order chi connectivity index (χ1) is 11.4. The van der Waals surface area contributed by atoms with Crippen LogP contribution in [0.4, 0.5) is 0 Å². The zero-order valence-corrected chi connectivity index (χ0v) is 14.9. The Labute approximate surface area is 149 Å². The maximum atomic E-state index is 12.2. The average Bonchev–Trinajstić information content (AvgIpc) is 2.86. The fraction of sp³-hybridized carbons (Fsp3) is 0.0625. The van der Waals surface area contributed by atoms with Gasteiger partial charge in [0.2, 0.25) is 0 Å². The highest BCUT2D eigenvalue weighted by Crippen LogP contribution is 2.25. The Bertz CT molecular complexity index is 1040. The number of hydrogen-bond acceptors (Lipinski definition) is 3. The Hall–Kier alpha value is -2.02. The number of fused-ring (bicyclic) bond motifs is 1. The summed E-state index contributed by atoms with van der Waals surface area (Å²) < 4.78 is 24.5. The van der Waals surface area contributed by atoms with Gasteiger partial charge in [-0.15, -0.1) is 0 Å². The van der Waals surface area contributed by atoms with Crippen LogP contribution in [0, 0.1) is 6.92 Å². The van der Waals surface area contributed by atoms with Gasteiger partial charge in [-0.25, -0.2) is 4.83 Å². The van der Waals surface area contributed by atoms with Gasteiger partial charge < -0.3 is 4.98 Å². The van der Waals surface area contributed by atoms with Gasteiger partial charge in [-0.3, -0.25) is 0 Å². The Kier molecular flexibility index (Phi) is 4.54. The number of aromatic nitrogens is 1. The van der Waals surface area contributed by atoms with Crippen molar-refractivity contribution in [2.45, 2.75) is 11.8 Å². The van der Waals surface area contributed by atoms with E-state index in [0.29, 0.717) is 0 Å². The first-order valence-electron chi connectivity index (χ1n) is 6.96. The summed E-state index contributed by atoms with van der Waals surface area (Å²) in [6.07, 6.45) is 1.48. The van der Waals surface area contributed by atoms with Gasteiger partial charge in [0.05, 0.1) is 21.2 Å². The second-order valence-electron chi connectivity index (χ2n) is 5.14. The molecule has 0 fully saturated rings. The molecule has 0 amide bonds. The van der Waals surface area contributed by atoms with E-state index in [1.165, 1.54) is 24.4 Å². The summed E-state index contributed by atoms with van der Waals surface area (Å²) in [5.41, 5.74) is 2.68. The smallest absolute Gasteiger partial charge is 0.276 e. The highest BCUT2D eigenvalue weighted by Gasteiger charge is 2.14. The van der Waals surface area contributed by atoms with E-state index in [-0.39, 0.29) is 14.9 Å². The molecule has 24 heavy (non-hydrogen) atoms. The van der Waals surface area contributed by atoms with Crippen LogP contribution in [0.1, 0.15) is 11.3 Å². The third-order valence-electron chi connectivity index (χ3n) is 3.51. The lowest BCUT2D eigenvalue weighted by molar-refractivity contribution is 0.584. The molecule has 3 rings (SSSR count). The maximum Gasteiger partial charge on any atom is 0.276 e. The molecule has 0 aliphatic carbocycles. The van der Waals surface area contributed by atoms with Crippen molar-refractivity contribution in [2.75, 3.05) is 0 Å². The molecule has 0 radical (unpaired) electrons. The van der Waals surface area contributed by atoms with Gasteiger partial charge >= 0.3 is 0 Å². The van der Waals surface area contributed by atoms with Gasteiger partial charge in [-0.1, -0.05) is 41.4 Å². The van der Waals surface area contributed by atoms with Crippen LogP contribution in [0.2, 0.25) is 10.0 Å². The Morgan fingerprint density at radius 1 is 1.12 bits per heavy atom. The first kappa shape index (κ1) is 16.8. The molecule has 0 aliphatic heterocycles. The van der Waals surface area contributed by atoms with Crippen LogP contribution < -0.4 is 4.83 Å². The molecule has 5 nitrogen and oxygen atoms in total. The number of H-pyrrole nitrogens is 1. The highest BCUT2D eigenvalue weighted by molar-refractivity contribution is 7.89. The summed E-state index contributed by atoms with van der Waals surface area (Å²) in [5, 5.41) is 5.28. The van der Waals surface area contributed by atoms with Crippen molar-refractivity contribution in [2.24, 2.45) is 5.10 Å². The van der Waals surface area contributed by atoms with Gasteiger partial charge in [-0.2, -0.15) is 13.5 Å². The SMILES string of the molecule is Cc1[nH]c2ccccc2c1/C=N/NS(=O)(=O)c1ccc(Cl)c(Cl)c1. The number of rotatable bonds is 4. The van der Waals surface area contributed by atoms with E-state index < -0.39 is 10.0 Å². The van der Waals surface area contributed by atoms with Crippen molar-refractivity contribution < 1.29 is 8.42 Å². The van der Waals surface area contributed by atoms with E-state index in [2.05, 4.69) is 14.9 Å². The molecule has 2 N–H and O–H groups in total. The zero-order valence-electron chi connectivity index (χ0n) is 12.5. The molecule has 3 aromatic rings. The van der Waals surface area contributed by atoms with Crippen LogP contribution in [-0.4, -0.2) is 19.6 Å². The third kappa shape index (κ3) is 3.26. The Morgan fingerprint density at radius 2 is 1.88 bits per heavy atom. The van der Waals surface area contributed by atoms with E-state index in [4.69, 9.17) is 23.2 Å². The normalized spacial score (nSPS) is 12.1. The number of hydrazone groups is 1. The minimum Gasteiger partial charge on any atom is -0.358 e. The zero-order chi connectivity index (χ0) is 17.3. The van der Waals surface area contributed by atoms with Gasteiger partial charge in [-0.05, 0) is 31.2 Å². The summed E-state index contributed by atoms with van der Waals surface area (Å²) >= 11 is 11.6. The summed E-state index contributed by atoms with van der Waals surface area (Å²) in [4.78, 5) is 5.39. The van der Waals surface area contributed by atoms with E-state index in [1.807, 2.05) is 31.2 Å². The lowest BCUT2D eigenvalue weighted by Gasteiger charge is -2.04. The monoisotopic (exact) mass is 381 g/mol. The lowest BCUT2D eigenvalue weighted by Crippen LogP contribution is -2.18. The van der Waals surface area contributed by atoms with Crippen molar-refractivity contribution in [3.8, 4) is 0 Å². The molecule has 2 aromatic carbocycles. The molecule has 0 aliphatic rings. The third-order valence-corrected chi connectivity index (χ3v) is 5.47. The minimum atomic E-state index is -3.82. The largest absolute Gasteiger partial charge is 0.358 e. The van der Waals surface area contributed by atoms with Crippen molar-refractivity contribution in [1.29, 1.82) is 0 Å². The van der Waals surface area contributed by atoms with Crippen LogP contribution in [-0.2, 0) is 10.0 Å². The predicted octanol–water partition coefficient (Wildman–Crippen LogP) is 4.10. The number of halogens is 2. The van der Waals surface area contributed by atoms with Crippen LogP contribution >= 0.6 is 23.2 Å². The Balaban J connectivity index is 1.87. The van der Waals surface area contributed by atoms with Gasteiger partial charge in [0, 0.05) is 22.2 Å². The molecular formula is C16H13Cl2N3O2S. The number of nitrogens with zero attached hydrogens (tertiary/aromatic N) is 1. The molecule has 8 heteroatoms. The summed E-state index contributed by atoms with van der Waals surface area (Å²) in [6, 6.07) is 11.8. The molecule has 0 saturated carbocycles. The fourth-order valence-corrected chi connectivity index (χ4v) is 3.50. The molecule has 1 aromatic heterocycles. The number of para-hydroxylation sites is 1. The number of benzene rings is 2. The molecule has 0 bridgehead atoms. The highest BCUT2D eigenvalue weighted by atomic mass is 35.5. The van der Waals surface area contributed by atoms with Crippen LogP contribution in [0.15, 0.2) is 52.5 Å². The maximum absolute atomic E-state index is 12.2. The summed E-state index contributed by atoms with van der Waals surface area (Å²) in [6.45, 7) is 1.90. The fourth-order valence-electron chi connectivity index (χ4n) is 2.32. The van der Waals surface area contributed by atoms with Crippen molar-refractivity contribution in [3.05, 3.63) is 63.8 Å². The molecule has 0 unspecified atom stereocenters. The molecule has 0 spiro atoms. The number of nitrogens with one attached hydrogen (secondary N) is 2. The average molecular weight is 382 g/mol. The van der Waals surface area contributed by atoms with Gasteiger partial charge in [0.1, 0.15) is 0 Å². The van der Waals surface area contributed by atoms with Crippen molar-refractivity contribution in [1.82, 2.24) is 9.82 Å². The Morgan fingerprint density at radius 3 is 2.62 bits per heavy atom.